The molecule has 0 saturated heterocycles. The van der Waals surface area contributed by atoms with Crippen LogP contribution in [0.2, 0.25) is 0 Å². The lowest BCUT2D eigenvalue weighted by Crippen LogP contribution is -2.30. The molecule has 7 heteroatoms. The van der Waals surface area contributed by atoms with E-state index in [0.717, 1.165) is 0 Å². The van der Waals surface area contributed by atoms with Gasteiger partial charge in [-0.15, -0.1) is 11.3 Å². The monoisotopic (exact) mass is 341 g/mol. The fraction of sp³-hybridized carbons (Fsp3) is 0.600. The first-order chi connectivity index (χ1) is 7.85. The summed E-state index contributed by atoms with van der Waals surface area (Å²) in [6.45, 7) is 4.59. The van der Waals surface area contributed by atoms with Crippen molar-refractivity contribution >= 4 is 37.3 Å². The third-order valence-corrected chi connectivity index (χ3v) is 6.59. The van der Waals surface area contributed by atoms with Crippen molar-refractivity contribution in [2.75, 3.05) is 20.2 Å². The highest BCUT2D eigenvalue weighted by molar-refractivity contribution is 9.10. The van der Waals surface area contributed by atoms with Gasteiger partial charge in [0.25, 0.3) is 10.0 Å². The lowest BCUT2D eigenvalue weighted by Gasteiger charge is -2.17. The molecule has 0 aliphatic heterocycles. The van der Waals surface area contributed by atoms with Crippen LogP contribution >= 0.6 is 27.3 Å². The third kappa shape index (κ3) is 4.03. The van der Waals surface area contributed by atoms with Gasteiger partial charge in [0.05, 0.1) is 12.7 Å². The maximum Gasteiger partial charge on any atom is 0.253 e. The van der Waals surface area contributed by atoms with E-state index >= 15 is 0 Å². The average Bonchev–Trinajstić information content (AvgIpc) is 2.64. The van der Waals surface area contributed by atoms with Gasteiger partial charge in [-0.25, -0.2) is 8.42 Å². The molecule has 0 bridgehead atoms. The zero-order valence-corrected chi connectivity index (χ0v) is 13.2. The van der Waals surface area contributed by atoms with Crippen molar-refractivity contribution in [3.05, 3.63) is 15.9 Å². The zero-order valence-electron chi connectivity index (χ0n) is 10.0. The molecule has 0 N–H and O–H groups in total. The second kappa shape index (κ2) is 6.29. The Morgan fingerprint density at radius 3 is 2.65 bits per heavy atom. The fourth-order valence-electron chi connectivity index (χ4n) is 1.14. The summed E-state index contributed by atoms with van der Waals surface area (Å²) in [5, 5.41) is 1.75. The number of likely N-dealkylation sites (N-methyl/N-ethyl adjacent to an activating group) is 1. The highest BCUT2D eigenvalue weighted by atomic mass is 79.9. The molecule has 0 spiro atoms. The van der Waals surface area contributed by atoms with Gasteiger partial charge < -0.3 is 4.74 Å². The molecule has 0 saturated carbocycles. The normalized spacial score (nSPS) is 12.6. The van der Waals surface area contributed by atoms with Crippen molar-refractivity contribution in [2.45, 2.75) is 24.2 Å². The number of sulfonamides is 1. The predicted octanol–water partition coefficient (Wildman–Crippen LogP) is 2.56. The zero-order chi connectivity index (χ0) is 13.1. The number of hydrogen-bond acceptors (Lipinski definition) is 4. The van der Waals surface area contributed by atoms with Crippen LogP contribution in [0.3, 0.4) is 0 Å². The van der Waals surface area contributed by atoms with Crippen molar-refractivity contribution in [1.82, 2.24) is 4.31 Å². The maximum absolute atomic E-state index is 12.1. The van der Waals surface area contributed by atoms with Gasteiger partial charge in [0, 0.05) is 18.1 Å². The molecule has 1 aromatic rings. The Labute approximate surface area is 115 Å². The van der Waals surface area contributed by atoms with E-state index in [1.807, 2.05) is 13.8 Å². The molecular weight excluding hydrogens is 326 g/mol. The van der Waals surface area contributed by atoms with Gasteiger partial charge in [0.15, 0.2) is 0 Å². The molecule has 4 nitrogen and oxygen atoms in total. The van der Waals surface area contributed by atoms with Gasteiger partial charge in [-0.05, 0) is 41.2 Å². The number of nitrogens with zero attached hydrogens (tertiary/aromatic N) is 1. The number of rotatable bonds is 6. The molecule has 1 aromatic heterocycles. The molecule has 17 heavy (non-hydrogen) atoms. The van der Waals surface area contributed by atoms with Gasteiger partial charge in [0.2, 0.25) is 0 Å². The molecule has 0 radical (unpaired) electrons. The molecule has 1 rings (SSSR count). The van der Waals surface area contributed by atoms with Crippen molar-refractivity contribution in [3.63, 3.8) is 0 Å². The van der Waals surface area contributed by atoms with Gasteiger partial charge in [-0.1, -0.05) is 0 Å². The van der Waals surface area contributed by atoms with Crippen LogP contribution in [-0.2, 0) is 14.8 Å². The van der Waals surface area contributed by atoms with Crippen LogP contribution in [0.5, 0.6) is 0 Å². The average molecular weight is 342 g/mol. The summed E-state index contributed by atoms with van der Waals surface area (Å²) >= 11 is 4.44. The molecule has 0 aliphatic rings. The quantitative estimate of drug-likeness (QED) is 0.798. The molecule has 0 amide bonds. The van der Waals surface area contributed by atoms with Gasteiger partial charge in [-0.2, -0.15) is 4.31 Å². The molecule has 98 valence electrons. The molecule has 1 heterocycles. The molecule has 0 aromatic carbocycles. The minimum absolute atomic E-state index is 0.111. The molecular formula is C10H16BrNO3S2. The minimum Gasteiger partial charge on any atom is -0.377 e. The lowest BCUT2D eigenvalue weighted by atomic mass is 10.5. The summed E-state index contributed by atoms with van der Waals surface area (Å²) in [5.74, 6) is 0. The smallest absolute Gasteiger partial charge is 0.253 e. The predicted molar refractivity (Wildman–Crippen MR) is 72.9 cm³/mol. The molecule has 0 unspecified atom stereocenters. The Morgan fingerprint density at radius 1 is 1.53 bits per heavy atom. The van der Waals surface area contributed by atoms with Crippen LogP contribution in [0.4, 0.5) is 0 Å². The van der Waals surface area contributed by atoms with Gasteiger partial charge >= 0.3 is 0 Å². The Morgan fingerprint density at radius 2 is 2.18 bits per heavy atom. The largest absolute Gasteiger partial charge is 0.377 e. The van der Waals surface area contributed by atoms with Crippen LogP contribution in [0, 0.1) is 0 Å². The second-order valence-corrected chi connectivity index (χ2v) is 7.81. The molecule has 0 fully saturated rings. The summed E-state index contributed by atoms with van der Waals surface area (Å²) in [4.78, 5) is 0. The Hall–Kier alpha value is 0.0500. The van der Waals surface area contributed by atoms with Crippen LogP contribution in [0.25, 0.3) is 0 Å². The fourth-order valence-corrected chi connectivity index (χ4v) is 4.80. The van der Waals surface area contributed by atoms with E-state index in [1.54, 1.807) is 18.5 Å². The van der Waals surface area contributed by atoms with Crippen molar-refractivity contribution in [3.8, 4) is 0 Å². The van der Waals surface area contributed by atoms with E-state index in [9.17, 15) is 8.42 Å². The van der Waals surface area contributed by atoms with Crippen LogP contribution in [0.1, 0.15) is 13.8 Å². The first-order valence-corrected chi connectivity index (χ1v) is 8.28. The third-order valence-electron chi connectivity index (χ3n) is 2.09. The van der Waals surface area contributed by atoms with Gasteiger partial charge in [-0.3, -0.25) is 0 Å². The van der Waals surface area contributed by atoms with E-state index in [4.69, 9.17) is 4.74 Å². The number of thiophene rings is 1. The highest BCUT2D eigenvalue weighted by Gasteiger charge is 2.24. The Kier molecular flexibility index (Phi) is 5.59. The van der Waals surface area contributed by atoms with Crippen LogP contribution < -0.4 is 0 Å². The number of ether oxygens (including phenoxy) is 1. The summed E-state index contributed by atoms with van der Waals surface area (Å²) in [6.07, 6.45) is 0.111. The highest BCUT2D eigenvalue weighted by Crippen LogP contribution is 2.29. The van der Waals surface area contributed by atoms with E-state index < -0.39 is 10.0 Å². The standard InChI is InChI=1S/C10H16BrNO3S2/c1-8(2)15-6-5-12(3)17(13,14)10-9(11)4-7-16-10/h4,7-8H,5-6H2,1-3H3. The lowest BCUT2D eigenvalue weighted by molar-refractivity contribution is 0.0737. The van der Waals surface area contributed by atoms with Crippen molar-refractivity contribution in [2.24, 2.45) is 0 Å². The summed E-state index contributed by atoms with van der Waals surface area (Å²) in [5.41, 5.74) is 0. The summed E-state index contributed by atoms with van der Waals surface area (Å²) in [6, 6.07) is 1.73. The van der Waals surface area contributed by atoms with Crippen LogP contribution in [-0.4, -0.2) is 39.0 Å². The summed E-state index contributed by atoms with van der Waals surface area (Å²) < 4.78 is 31.9. The molecule has 0 atom stereocenters. The maximum atomic E-state index is 12.1. The van der Waals surface area contributed by atoms with Crippen molar-refractivity contribution < 1.29 is 13.2 Å². The van der Waals surface area contributed by atoms with Gasteiger partial charge in [0.1, 0.15) is 4.21 Å². The first kappa shape index (κ1) is 15.1. The Balaban J connectivity index is 2.68. The summed E-state index contributed by atoms with van der Waals surface area (Å²) in [7, 11) is -1.84. The number of halogens is 1. The first-order valence-electron chi connectivity index (χ1n) is 5.16. The minimum atomic E-state index is -3.40. The molecule has 0 aliphatic carbocycles. The van der Waals surface area contributed by atoms with E-state index in [0.29, 0.717) is 21.8 Å². The van der Waals surface area contributed by atoms with E-state index in [1.165, 1.54) is 15.6 Å². The van der Waals surface area contributed by atoms with E-state index in [2.05, 4.69) is 15.9 Å². The van der Waals surface area contributed by atoms with Crippen LogP contribution in [0.15, 0.2) is 20.1 Å². The number of hydrogen-bond donors (Lipinski definition) is 0. The second-order valence-electron chi connectivity index (χ2n) is 3.80. The van der Waals surface area contributed by atoms with E-state index in [-0.39, 0.29) is 6.10 Å². The van der Waals surface area contributed by atoms with Crippen molar-refractivity contribution in [1.29, 1.82) is 0 Å². The topological polar surface area (TPSA) is 46.6 Å². The Bertz CT molecular complexity index is 456. The SMILES string of the molecule is CC(C)OCCN(C)S(=O)(=O)c1sccc1Br.